The van der Waals surface area contributed by atoms with Crippen molar-refractivity contribution in [2.45, 2.75) is 39.2 Å². The highest BCUT2D eigenvalue weighted by atomic mass is 35.5. The molecule has 0 radical (unpaired) electrons. The monoisotopic (exact) mass is 443 g/mol. The number of halogens is 1. The van der Waals surface area contributed by atoms with Crippen molar-refractivity contribution in [1.29, 1.82) is 0 Å². The molecular weight excluding hydrogens is 418 g/mol. The van der Waals surface area contributed by atoms with Crippen molar-refractivity contribution in [3.8, 4) is 5.69 Å². The standard InChI is InChI=1S/C23H26ClN3O4/c1-22(2,3)31-21(29)26-10-9-16-11-19-15(12-23(16,14-26)20(28)30-4)13-25-27(19)18-7-5-17(24)6-8-18/h5-8,11,13H,9-10,12,14H2,1-4H3/t23-/m0/s1. The number of carbonyl (C=O) groups is 2. The number of likely N-dealkylation sites (tertiary alicyclic amines) is 1. The second-order valence-corrected chi connectivity index (χ2v) is 9.45. The predicted molar refractivity (Wildman–Crippen MR) is 117 cm³/mol. The van der Waals surface area contributed by atoms with Crippen LogP contribution in [0.15, 0.2) is 36.0 Å². The minimum atomic E-state index is -0.940. The zero-order chi connectivity index (χ0) is 22.4. The number of rotatable bonds is 2. The minimum absolute atomic E-state index is 0.214. The maximum absolute atomic E-state index is 13.0. The smallest absolute Gasteiger partial charge is 0.410 e. The highest BCUT2D eigenvalue weighted by Crippen LogP contribution is 2.45. The van der Waals surface area contributed by atoms with Gasteiger partial charge in [0.25, 0.3) is 0 Å². The third kappa shape index (κ3) is 3.94. The summed E-state index contributed by atoms with van der Waals surface area (Å²) in [6.45, 7) is 6.17. The molecule has 0 bridgehead atoms. The Bertz CT molecular complexity index is 1050. The van der Waals surface area contributed by atoms with Gasteiger partial charge in [0.15, 0.2) is 0 Å². The van der Waals surface area contributed by atoms with Gasteiger partial charge in [0.2, 0.25) is 0 Å². The van der Waals surface area contributed by atoms with Gasteiger partial charge in [0, 0.05) is 18.1 Å². The number of amides is 1. The van der Waals surface area contributed by atoms with E-state index in [1.807, 2.05) is 55.8 Å². The number of ether oxygens (including phenoxy) is 2. The normalized spacial score (nSPS) is 20.4. The lowest BCUT2D eigenvalue weighted by molar-refractivity contribution is -0.152. The van der Waals surface area contributed by atoms with Crippen molar-refractivity contribution >= 4 is 29.7 Å². The molecule has 8 heteroatoms. The van der Waals surface area contributed by atoms with Crippen molar-refractivity contribution in [3.63, 3.8) is 0 Å². The fourth-order valence-corrected chi connectivity index (χ4v) is 4.41. The van der Waals surface area contributed by atoms with E-state index < -0.39 is 17.1 Å². The molecule has 0 saturated carbocycles. The fraction of sp³-hybridized carbons (Fsp3) is 0.435. The lowest BCUT2D eigenvalue weighted by atomic mass is 9.68. The zero-order valence-electron chi connectivity index (χ0n) is 18.1. The van der Waals surface area contributed by atoms with Crippen LogP contribution in [-0.2, 0) is 20.7 Å². The van der Waals surface area contributed by atoms with Gasteiger partial charge in [0.1, 0.15) is 11.0 Å². The molecule has 0 spiro atoms. The molecule has 1 atom stereocenters. The molecule has 1 aromatic carbocycles. The molecule has 7 nitrogen and oxygen atoms in total. The van der Waals surface area contributed by atoms with Crippen molar-refractivity contribution in [2.75, 3.05) is 20.2 Å². The number of nitrogens with zero attached hydrogens (tertiary/aromatic N) is 3. The number of methoxy groups -OCH3 is 1. The van der Waals surface area contributed by atoms with Crippen molar-refractivity contribution < 1.29 is 19.1 Å². The van der Waals surface area contributed by atoms with Gasteiger partial charge in [-0.2, -0.15) is 5.10 Å². The van der Waals surface area contributed by atoms with Gasteiger partial charge in [0.05, 0.1) is 24.7 Å². The first-order valence-electron chi connectivity index (χ1n) is 10.2. The summed E-state index contributed by atoms with van der Waals surface area (Å²) in [7, 11) is 1.38. The summed E-state index contributed by atoms with van der Waals surface area (Å²) < 4.78 is 12.6. The molecule has 164 valence electrons. The SMILES string of the molecule is COC(=O)[C@]12Cc3cnn(-c4ccc(Cl)cc4)c3C=C1CCN(C(=O)OC(C)(C)C)C2. The molecule has 2 aliphatic rings. The Morgan fingerprint density at radius 1 is 1.19 bits per heavy atom. The van der Waals surface area contributed by atoms with Crippen molar-refractivity contribution in [1.82, 2.24) is 14.7 Å². The van der Waals surface area contributed by atoms with Crippen LogP contribution < -0.4 is 0 Å². The van der Waals surface area contributed by atoms with E-state index in [-0.39, 0.29) is 12.5 Å². The maximum atomic E-state index is 13.0. The number of hydrogen-bond acceptors (Lipinski definition) is 5. The molecule has 1 aliphatic heterocycles. The fourth-order valence-electron chi connectivity index (χ4n) is 4.29. The van der Waals surface area contributed by atoms with E-state index in [1.165, 1.54) is 7.11 Å². The summed E-state index contributed by atoms with van der Waals surface area (Å²) in [5, 5.41) is 5.20. The predicted octanol–water partition coefficient (Wildman–Crippen LogP) is 4.27. The molecular formula is C23H26ClN3O4. The summed E-state index contributed by atoms with van der Waals surface area (Å²) >= 11 is 6.02. The highest BCUT2D eigenvalue weighted by molar-refractivity contribution is 6.30. The Morgan fingerprint density at radius 2 is 1.90 bits per heavy atom. The molecule has 0 unspecified atom stereocenters. The third-order valence-corrected chi connectivity index (χ3v) is 5.97. The van der Waals surface area contributed by atoms with Crippen LogP contribution in [0.3, 0.4) is 0 Å². The van der Waals surface area contributed by atoms with Crippen LogP contribution in [0.2, 0.25) is 5.02 Å². The first kappa shape index (κ1) is 21.4. The second-order valence-electron chi connectivity index (χ2n) is 9.02. The van der Waals surface area contributed by atoms with E-state index in [0.29, 0.717) is 24.4 Å². The van der Waals surface area contributed by atoms with Crippen LogP contribution in [0.25, 0.3) is 11.8 Å². The van der Waals surface area contributed by atoms with Gasteiger partial charge in [-0.3, -0.25) is 4.79 Å². The van der Waals surface area contributed by atoms with Crippen LogP contribution in [0.1, 0.15) is 38.4 Å². The van der Waals surface area contributed by atoms with E-state index in [9.17, 15) is 9.59 Å². The Kier molecular flexibility index (Phi) is 5.33. The van der Waals surface area contributed by atoms with Gasteiger partial charge in [-0.25, -0.2) is 9.48 Å². The summed E-state index contributed by atoms with van der Waals surface area (Å²) in [4.78, 5) is 27.3. The number of carbonyl (C=O) groups excluding carboxylic acids is 2. The van der Waals surface area contributed by atoms with E-state index in [1.54, 1.807) is 11.1 Å². The Balaban J connectivity index is 1.70. The van der Waals surface area contributed by atoms with Crippen LogP contribution in [-0.4, -0.2) is 52.5 Å². The van der Waals surface area contributed by atoms with Crippen molar-refractivity contribution in [3.05, 3.63) is 52.3 Å². The first-order chi connectivity index (χ1) is 14.6. The quantitative estimate of drug-likeness (QED) is 0.648. The number of esters is 1. The summed E-state index contributed by atoms with van der Waals surface area (Å²) in [6.07, 6.45) is 4.34. The molecule has 4 rings (SSSR count). The number of piperidine rings is 1. The van der Waals surface area contributed by atoms with Crippen LogP contribution in [0.5, 0.6) is 0 Å². The Hall–Kier alpha value is -2.80. The molecule has 1 aliphatic carbocycles. The number of fused-ring (bicyclic) bond motifs is 2. The lowest BCUT2D eigenvalue weighted by Gasteiger charge is -2.44. The van der Waals surface area contributed by atoms with E-state index in [4.69, 9.17) is 21.1 Å². The van der Waals surface area contributed by atoms with Crippen LogP contribution in [0.4, 0.5) is 4.79 Å². The second kappa shape index (κ2) is 7.71. The number of hydrogen-bond donors (Lipinski definition) is 0. The minimum Gasteiger partial charge on any atom is -0.468 e. The van der Waals surface area contributed by atoms with E-state index >= 15 is 0 Å². The number of benzene rings is 1. The highest BCUT2D eigenvalue weighted by Gasteiger charge is 2.51. The maximum Gasteiger partial charge on any atom is 0.410 e. The molecule has 1 saturated heterocycles. The van der Waals surface area contributed by atoms with Gasteiger partial charge in [-0.15, -0.1) is 0 Å². The molecule has 1 fully saturated rings. The number of aromatic nitrogens is 2. The molecule has 0 N–H and O–H groups in total. The lowest BCUT2D eigenvalue weighted by Crippen LogP contribution is -2.54. The van der Waals surface area contributed by atoms with Gasteiger partial charge in [-0.05, 0) is 75.1 Å². The van der Waals surface area contributed by atoms with Gasteiger partial charge in [-0.1, -0.05) is 11.6 Å². The molecule has 31 heavy (non-hydrogen) atoms. The average molecular weight is 444 g/mol. The van der Waals surface area contributed by atoms with E-state index in [0.717, 1.165) is 22.5 Å². The summed E-state index contributed by atoms with van der Waals surface area (Å²) in [6, 6.07) is 7.45. The zero-order valence-corrected chi connectivity index (χ0v) is 18.9. The topological polar surface area (TPSA) is 73.7 Å². The molecule has 1 amide bonds. The summed E-state index contributed by atoms with van der Waals surface area (Å²) in [5.74, 6) is -0.350. The third-order valence-electron chi connectivity index (χ3n) is 5.71. The van der Waals surface area contributed by atoms with Crippen LogP contribution >= 0.6 is 11.6 Å². The van der Waals surface area contributed by atoms with Gasteiger partial charge >= 0.3 is 12.1 Å². The van der Waals surface area contributed by atoms with E-state index in [2.05, 4.69) is 5.10 Å². The first-order valence-corrected chi connectivity index (χ1v) is 10.6. The molecule has 1 aromatic heterocycles. The summed E-state index contributed by atoms with van der Waals surface area (Å²) in [5.41, 5.74) is 2.15. The Morgan fingerprint density at radius 3 is 2.55 bits per heavy atom. The Labute approximate surface area is 186 Å². The largest absolute Gasteiger partial charge is 0.468 e. The van der Waals surface area contributed by atoms with Crippen molar-refractivity contribution in [2.24, 2.45) is 5.41 Å². The van der Waals surface area contributed by atoms with Gasteiger partial charge < -0.3 is 14.4 Å². The average Bonchev–Trinajstić information content (AvgIpc) is 3.12. The molecule has 2 aromatic rings. The molecule has 2 heterocycles. The van der Waals surface area contributed by atoms with Crippen LogP contribution in [0, 0.1) is 5.41 Å².